The summed E-state index contributed by atoms with van der Waals surface area (Å²) < 4.78 is 22.1. The first-order valence-corrected chi connectivity index (χ1v) is 12.9. The molecule has 1 unspecified atom stereocenters. The van der Waals surface area contributed by atoms with Crippen molar-refractivity contribution in [3.8, 4) is 28.4 Å². The molecule has 1 atom stereocenters. The minimum absolute atomic E-state index is 0.0843. The average Bonchev–Trinajstić information content (AvgIpc) is 2.93. The molecular weight excluding hydrogens is 468 g/mol. The smallest absolute Gasteiger partial charge is 0.343 e. The molecule has 6 heteroatoms. The van der Waals surface area contributed by atoms with Gasteiger partial charge in [0.25, 0.3) is 0 Å². The van der Waals surface area contributed by atoms with Gasteiger partial charge in [0.05, 0.1) is 31.3 Å². The Kier molecular flexibility index (Phi) is 11.0. The summed E-state index contributed by atoms with van der Waals surface area (Å²) in [6.07, 6.45) is 3.51. The highest BCUT2D eigenvalue weighted by molar-refractivity contribution is 5.91. The number of esters is 2. The molecule has 0 amide bonds. The fourth-order valence-corrected chi connectivity index (χ4v) is 3.38. The summed E-state index contributed by atoms with van der Waals surface area (Å²) in [6, 6.07) is 22.2. The summed E-state index contributed by atoms with van der Waals surface area (Å²) in [7, 11) is 0. The Balaban J connectivity index is 1.44. The maximum atomic E-state index is 12.5. The molecule has 0 fully saturated rings. The van der Waals surface area contributed by atoms with Gasteiger partial charge in [-0.25, -0.2) is 4.79 Å². The quantitative estimate of drug-likeness (QED) is 0.132. The number of unbranched alkanes of at least 4 members (excludes halogenated alkanes) is 1. The zero-order valence-corrected chi connectivity index (χ0v) is 21.9. The van der Waals surface area contributed by atoms with Crippen LogP contribution >= 0.6 is 0 Å². The molecule has 0 aliphatic carbocycles. The van der Waals surface area contributed by atoms with Crippen LogP contribution in [0.5, 0.6) is 17.2 Å². The van der Waals surface area contributed by atoms with Crippen molar-refractivity contribution in [2.24, 2.45) is 5.92 Å². The average molecular weight is 505 g/mol. The molecule has 0 aromatic heterocycles. The van der Waals surface area contributed by atoms with Crippen molar-refractivity contribution in [1.29, 1.82) is 0 Å². The van der Waals surface area contributed by atoms with Gasteiger partial charge >= 0.3 is 11.9 Å². The summed E-state index contributed by atoms with van der Waals surface area (Å²) in [5.41, 5.74) is 2.51. The van der Waals surface area contributed by atoms with Crippen LogP contribution in [0.4, 0.5) is 0 Å². The van der Waals surface area contributed by atoms with Gasteiger partial charge in [0.2, 0.25) is 0 Å². The number of ether oxygens (including phenoxy) is 4. The van der Waals surface area contributed by atoms with Crippen LogP contribution in [-0.2, 0) is 9.53 Å². The second kappa shape index (κ2) is 14.7. The highest BCUT2D eigenvalue weighted by Gasteiger charge is 2.12. The monoisotopic (exact) mass is 504 g/mol. The Labute approximate surface area is 219 Å². The molecule has 3 aromatic rings. The standard InChI is InChI=1S/C31H36O6/c1-4-6-20-34-27-14-8-24(9-15-27)25-10-18-29(19-11-25)37-31(33)26-12-16-28(17-13-26)35-21-7-22-36-30(32)23(3)5-2/h8-19,23H,4-7,20-22H2,1-3H3. The molecule has 0 saturated heterocycles. The maximum absolute atomic E-state index is 12.5. The second-order valence-corrected chi connectivity index (χ2v) is 8.84. The van der Waals surface area contributed by atoms with E-state index in [-0.39, 0.29) is 11.9 Å². The van der Waals surface area contributed by atoms with E-state index < -0.39 is 5.97 Å². The molecule has 6 nitrogen and oxygen atoms in total. The lowest BCUT2D eigenvalue weighted by molar-refractivity contribution is -0.148. The van der Waals surface area contributed by atoms with Crippen LogP contribution in [0.1, 0.15) is 56.8 Å². The molecule has 0 N–H and O–H groups in total. The number of benzene rings is 3. The molecule has 0 spiro atoms. The highest BCUT2D eigenvalue weighted by Crippen LogP contribution is 2.25. The van der Waals surface area contributed by atoms with E-state index >= 15 is 0 Å². The minimum atomic E-state index is -0.440. The van der Waals surface area contributed by atoms with Crippen LogP contribution in [-0.4, -0.2) is 31.8 Å². The van der Waals surface area contributed by atoms with Crippen LogP contribution in [0.2, 0.25) is 0 Å². The summed E-state index contributed by atoms with van der Waals surface area (Å²) in [5, 5.41) is 0. The van der Waals surface area contributed by atoms with Crippen molar-refractivity contribution in [2.75, 3.05) is 19.8 Å². The fraction of sp³-hybridized carbons (Fsp3) is 0.355. The Hall–Kier alpha value is -3.80. The molecule has 0 bridgehead atoms. The van der Waals surface area contributed by atoms with Crippen molar-refractivity contribution in [3.05, 3.63) is 78.4 Å². The summed E-state index contributed by atoms with van der Waals surface area (Å²) in [5.74, 6) is 1.27. The molecular formula is C31H36O6. The number of rotatable bonds is 14. The van der Waals surface area contributed by atoms with Gasteiger partial charge in [-0.1, -0.05) is 51.5 Å². The Morgan fingerprint density at radius 1 is 0.676 bits per heavy atom. The van der Waals surface area contributed by atoms with Gasteiger partial charge in [-0.15, -0.1) is 0 Å². The molecule has 0 aliphatic heterocycles. The molecule has 0 heterocycles. The van der Waals surface area contributed by atoms with Crippen LogP contribution < -0.4 is 14.2 Å². The van der Waals surface area contributed by atoms with Gasteiger partial charge in [0, 0.05) is 6.42 Å². The lowest BCUT2D eigenvalue weighted by atomic mass is 10.1. The number of hydrogen-bond donors (Lipinski definition) is 0. The predicted octanol–water partition coefficient (Wildman–Crippen LogP) is 7.11. The first-order chi connectivity index (χ1) is 18.0. The van der Waals surface area contributed by atoms with E-state index in [2.05, 4.69) is 6.92 Å². The normalized spacial score (nSPS) is 11.4. The van der Waals surface area contributed by atoms with Gasteiger partial charge in [0.1, 0.15) is 17.2 Å². The van der Waals surface area contributed by atoms with Crippen molar-refractivity contribution in [2.45, 2.75) is 46.5 Å². The first-order valence-electron chi connectivity index (χ1n) is 12.9. The molecule has 196 valence electrons. The van der Waals surface area contributed by atoms with Crippen molar-refractivity contribution in [3.63, 3.8) is 0 Å². The molecule has 0 radical (unpaired) electrons. The van der Waals surface area contributed by atoms with E-state index in [0.29, 0.717) is 36.7 Å². The van der Waals surface area contributed by atoms with Crippen LogP contribution in [0, 0.1) is 5.92 Å². The first kappa shape index (κ1) is 27.8. The van der Waals surface area contributed by atoms with Crippen molar-refractivity contribution < 1.29 is 28.5 Å². The van der Waals surface area contributed by atoms with E-state index in [4.69, 9.17) is 18.9 Å². The van der Waals surface area contributed by atoms with E-state index in [0.717, 1.165) is 42.7 Å². The summed E-state index contributed by atoms with van der Waals surface area (Å²) >= 11 is 0. The number of carbonyl (C=O) groups is 2. The SMILES string of the molecule is CCCCOc1ccc(-c2ccc(OC(=O)c3ccc(OCCCOC(=O)C(C)CC)cc3)cc2)cc1. The van der Waals surface area contributed by atoms with E-state index in [1.807, 2.05) is 50.2 Å². The number of carbonyl (C=O) groups excluding carboxylic acids is 2. The minimum Gasteiger partial charge on any atom is -0.494 e. The lowest BCUT2D eigenvalue weighted by Crippen LogP contribution is -2.15. The molecule has 0 aliphatic rings. The van der Waals surface area contributed by atoms with E-state index in [1.54, 1.807) is 36.4 Å². The van der Waals surface area contributed by atoms with Crippen molar-refractivity contribution in [1.82, 2.24) is 0 Å². The third-order valence-electron chi connectivity index (χ3n) is 5.93. The molecule has 3 aromatic carbocycles. The second-order valence-electron chi connectivity index (χ2n) is 8.84. The lowest BCUT2D eigenvalue weighted by Gasteiger charge is -2.10. The largest absolute Gasteiger partial charge is 0.494 e. The topological polar surface area (TPSA) is 71.1 Å². The zero-order chi connectivity index (χ0) is 26.5. The Bertz CT molecular complexity index is 1100. The molecule has 3 rings (SSSR count). The fourth-order valence-electron chi connectivity index (χ4n) is 3.38. The third-order valence-corrected chi connectivity index (χ3v) is 5.93. The van der Waals surface area contributed by atoms with Gasteiger partial charge < -0.3 is 18.9 Å². The highest BCUT2D eigenvalue weighted by atomic mass is 16.5. The van der Waals surface area contributed by atoms with Gasteiger partial charge in [-0.2, -0.15) is 0 Å². The third kappa shape index (κ3) is 8.98. The van der Waals surface area contributed by atoms with Crippen LogP contribution in [0.25, 0.3) is 11.1 Å². The van der Waals surface area contributed by atoms with Crippen LogP contribution in [0.3, 0.4) is 0 Å². The Morgan fingerprint density at radius 2 is 1.19 bits per heavy atom. The van der Waals surface area contributed by atoms with E-state index in [9.17, 15) is 9.59 Å². The number of hydrogen-bond acceptors (Lipinski definition) is 6. The van der Waals surface area contributed by atoms with Gasteiger partial charge in [0.15, 0.2) is 0 Å². The molecule has 37 heavy (non-hydrogen) atoms. The van der Waals surface area contributed by atoms with Gasteiger partial charge in [-0.05, 0) is 72.5 Å². The predicted molar refractivity (Wildman–Crippen MR) is 144 cm³/mol. The van der Waals surface area contributed by atoms with Gasteiger partial charge in [-0.3, -0.25) is 4.79 Å². The zero-order valence-electron chi connectivity index (χ0n) is 21.9. The van der Waals surface area contributed by atoms with E-state index in [1.165, 1.54) is 0 Å². The summed E-state index contributed by atoms with van der Waals surface area (Å²) in [4.78, 5) is 24.2. The van der Waals surface area contributed by atoms with Crippen molar-refractivity contribution >= 4 is 11.9 Å². The summed E-state index contributed by atoms with van der Waals surface area (Å²) in [6.45, 7) is 7.41. The van der Waals surface area contributed by atoms with Crippen LogP contribution in [0.15, 0.2) is 72.8 Å². The maximum Gasteiger partial charge on any atom is 0.343 e. The molecule has 0 saturated carbocycles. The Morgan fingerprint density at radius 3 is 1.73 bits per heavy atom.